The van der Waals surface area contributed by atoms with Gasteiger partial charge in [-0.05, 0) is 50.1 Å². The molecule has 0 aliphatic heterocycles. The minimum Gasteiger partial charge on any atom is -0.326 e. The summed E-state index contributed by atoms with van der Waals surface area (Å²) in [5.41, 5.74) is 3.23. The molecule has 2 heterocycles. The van der Waals surface area contributed by atoms with Crippen LogP contribution in [0.2, 0.25) is 0 Å². The largest absolute Gasteiger partial charge is 0.326 e. The second-order valence-corrected chi connectivity index (χ2v) is 8.74. The van der Waals surface area contributed by atoms with Gasteiger partial charge in [-0.25, -0.2) is 22.2 Å². The lowest BCUT2D eigenvalue weighted by atomic mass is 10.1. The lowest BCUT2D eigenvalue weighted by Gasteiger charge is -2.12. The van der Waals surface area contributed by atoms with Crippen LogP contribution < -0.4 is 5.32 Å². The van der Waals surface area contributed by atoms with Crippen LogP contribution in [0.5, 0.6) is 0 Å². The summed E-state index contributed by atoms with van der Waals surface area (Å²) < 4.78 is 27.0. The molecule has 3 aromatic rings. The van der Waals surface area contributed by atoms with E-state index in [9.17, 15) is 13.2 Å². The quantitative estimate of drug-likeness (QED) is 0.670. The third-order valence-electron chi connectivity index (χ3n) is 4.51. The van der Waals surface area contributed by atoms with Crippen molar-refractivity contribution in [1.82, 2.24) is 23.9 Å². The zero-order valence-corrected chi connectivity index (χ0v) is 17.0. The molecule has 0 bridgehead atoms. The Bertz CT molecular complexity index is 1120. The highest BCUT2D eigenvalue weighted by Gasteiger charge is 2.17. The molecule has 0 atom stereocenters. The average molecular weight is 402 g/mol. The van der Waals surface area contributed by atoms with Gasteiger partial charge < -0.3 is 5.32 Å². The Kier molecular flexibility index (Phi) is 5.43. The number of fused-ring (bicyclic) bond motifs is 1. The molecule has 10 heteroatoms. The summed E-state index contributed by atoms with van der Waals surface area (Å²) in [5.74, 6) is 0.372. The van der Waals surface area contributed by atoms with E-state index in [2.05, 4.69) is 20.4 Å². The van der Waals surface area contributed by atoms with Gasteiger partial charge in [0.25, 0.3) is 5.78 Å². The number of amides is 1. The smallest absolute Gasteiger partial charge is 0.252 e. The van der Waals surface area contributed by atoms with E-state index in [1.165, 1.54) is 32.6 Å². The molecule has 0 saturated carbocycles. The van der Waals surface area contributed by atoms with E-state index in [0.717, 1.165) is 21.3 Å². The number of benzene rings is 1. The van der Waals surface area contributed by atoms with Crippen molar-refractivity contribution in [3.05, 3.63) is 47.5 Å². The van der Waals surface area contributed by atoms with Crippen LogP contribution in [0.25, 0.3) is 5.78 Å². The maximum atomic E-state index is 12.3. The van der Waals surface area contributed by atoms with Crippen LogP contribution in [-0.2, 0) is 21.2 Å². The number of anilines is 1. The summed E-state index contributed by atoms with van der Waals surface area (Å²) in [5, 5.41) is 6.93. The predicted octanol–water partition coefficient (Wildman–Crippen LogP) is 1.56. The van der Waals surface area contributed by atoms with Crippen LogP contribution in [0.1, 0.15) is 23.4 Å². The fourth-order valence-electron chi connectivity index (χ4n) is 2.90. The summed E-state index contributed by atoms with van der Waals surface area (Å²) in [6.45, 7) is 3.81. The first-order valence-corrected chi connectivity index (χ1v) is 10.1. The highest BCUT2D eigenvalue weighted by molar-refractivity contribution is 7.89. The number of rotatable bonds is 6. The van der Waals surface area contributed by atoms with Crippen molar-refractivity contribution in [2.24, 2.45) is 0 Å². The number of sulfonamides is 1. The Morgan fingerprint density at radius 3 is 2.50 bits per heavy atom. The van der Waals surface area contributed by atoms with Gasteiger partial charge in [0, 0.05) is 37.6 Å². The van der Waals surface area contributed by atoms with Crippen molar-refractivity contribution in [3.63, 3.8) is 0 Å². The van der Waals surface area contributed by atoms with E-state index in [0.29, 0.717) is 17.9 Å². The van der Waals surface area contributed by atoms with Crippen molar-refractivity contribution in [2.45, 2.75) is 31.6 Å². The second-order valence-electron chi connectivity index (χ2n) is 6.59. The van der Waals surface area contributed by atoms with E-state index < -0.39 is 10.0 Å². The number of carbonyl (C=O) groups excluding carboxylic acids is 1. The Morgan fingerprint density at radius 2 is 1.86 bits per heavy atom. The van der Waals surface area contributed by atoms with Gasteiger partial charge in [0.05, 0.1) is 4.90 Å². The molecule has 9 nitrogen and oxygen atoms in total. The van der Waals surface area contributed by atoms with Gasteiger partial charge in [-0.1, -0.05) is 0 Å². The number of aromatic nitrogens is 4. The molecule has 0 saturated heterocycles. The Balaban J connectivity index is 1.67. The highest BCUT2D eigenvalue weighted by Crippen LogP contribution is 2.18. The zero-order valence-electron chi connectivity index (χ0n) is 16.2. The molecule has 0 aliphatic rings. The SMILES string of the molecule is Cc1nc2ncnn2c(C)c1CCC(=O)Nc1ccc(S(=O)(=O)N(C)C)cc1. The minimum atomic E-state index is -3.49. The predicted molar refractivity (Wildman–Crippen MR) is 105 cm³/mol. The molecule has 148 valence electrons. The minimum absolute atomic E-state index is 0.166. The standard InChI is InChI=1S/C18H22N6O3S/c1-12-16(13(2)24-18(21-12)19-11-20-24)9-10-17(25)22-14-5-7-15(8-6-14)28(26,27)23(3)4/h5-8,11H,9-10H2,1-4H3,(H,22,25). The van der Waals surface area contributed by atoms with Crippen LogP contribution in [0.15, 0.2) is 35.5 Å². The third-order valence-corrected chi connectivity index (χ3v) is 6.34. The monoisotopic (exact) mass is 402 g/mol. The topological polar surface area (TPSA) is 110 Å². The van der Waals surface area contributed by atoms with Gasteiger partial charge in [0.2, 0.25) is 15.9 Å². The van der Waals surface area contributed by atoms with Gasteiger partial charge in [-0.2, -0.15) is 10.1 Å². The van der Waals surface area contributed by atoms with Crippen LogP contribution in [-0.4, -0.2) is 52.3 Å². The van der Waals surface area contributed by atoms with Crippen molar-refractivity contribution >= 4 is 27.4 Å². The molecule has 1 N–H and O–H groups in total. The van der Waals surface area contributed by atoms with E-state index >= 15 is 0 Å². The van der Waals surface area contributed by atoms with Crippen molar-refractivity contribution in [2.75, 3.05) is 19.4 Å². The molecule has 2 aromatic heterocycles. The number of hydrogen-bond donors (Lipinski definition) is 1. The van der Waals surface area contributed by atoms with E-state index in [1.807, 2.05) is 13.8 Å². The van der Waals surface area contributed by atoms with Gasteiger partial charge in [0.15, 0.2) is 0 Å². The molecule has 0 unspecified atom stereocenters. The van der Waals surface area contributed by atoms with Crippen LogP contribution in [0, 0.1) is 13.8 Å². The second kappa shape index (κ2) is 7.64. The Hall–Kier alpha value is -2.85. The molecule has 1 aromatic carbocycles. The molecule has 0 radical (unpaired) electrons. The summed E-state index contributed by atoms with van der Waals surface area (Å²) in [6, 6.07) is 6.10. The number of hydrogen-bond acceptors (Lipinski definition) is 6. The summed E-state index contributed by atoms with van der Waals surface area (Å²) in [6.07, 6.45) is 2.23. The number of carbonyl (C=O) groups is 1. The fourth-order valence-corrected chi connectivity index (χ4v) is 3.80. The summed E-state index contributed by atoms with van der Waals surface area (Å²) >= 11 is 0. The molecule has 0 spiro atoms. The van der Waals surface area contributed by atoms with Crippen LogP contribution in [0.4, 0.5) is 5.69 Å². The molecular formula is C18H22N6O3S. The van der Waals surface area contributed by atoms with E-state index in [-0.39, 0.29) is 17.2 Å². The van der Waals surface area contributed by atoms with Gasteiger partial charge in [0.1, 0.15) is 6.33 Å². The lowest BCUT2D eigenvalue weighted by Crippen LogP contribution is -2.22. The van der Waals surface area contributed by atoms with Gasteiger partial charge in [-0.3, -0.25) is 4.79 Å². The first-order valence-electron chi connectivity index (χ1n) is 8.68. The fraction of sp³-hybridized carbons (Fsp3) is 0.333. The number of aryl methyl sites for hydroxylation is 2. The molecule has 3 rings (SSSR count). The van der Waals surface area contributed by atoms with E-state index in [4.69, 9.17) is 0 Å². The Labute approximate surface area is 163 Å². The maximum absolute atomic E-state index is 12.3. The summed E-state index contributed by atoms with van der Waals surface area (Å²) in [7, 11) is -0.545. The summed E-state index contributed by atoms with van der Waals surface area (Å²) in [4.78, 5) is 21.0. The first kappa shape index (κ1) is 19.9. The van der Waals surface area contributed by atoms with Gasteiger partial charge in [-0.15, -0.1) is 0 Å². The normalized spacial score (nSPS) is 11.9. The number of nitrogens with zero attached hydrogens (tertiary/aromatic N) is 5. The lowest BCUT2D eigenvalue weighted by molar-refractivity contribution is -0.116. The van der Waals surface area contributed by atoms with Crippen molar-refractivity contribution in [1.29, 1.82) is 0 Å². The Morgan fingerprint density at radius 1 is 1.18 bits per heavy atom. The van der Waals surface area contributed by atoms with E-state index in [1.54, 1.807) is 16.6 Å². The van der Waals surface area contributed by atoms with Crippen LogP contribution in [0.3, 0.4) is 0 Å². The zero-order chi connectivity index (χ0) is 20.5. The molecule has 0 fully saturated rings. The number of nitrogens with one attached hydrogen (secondary N) is 1. The molecule has 28 heavy (non-hydrogen) atoms. The average Bonchev–Trinajstić information content (AvgIpc) is 3.10. The van der Waals surface area contributed by atoms with Crippen LogP contribution >= 0.6 is 0 Å². The van der Waals surface area contributed by atoms with Crippen molar-refractivity contribution in [3.8, 4) is 0 Å². The third kappa shape index (κ3) is 3.87. The van der Waals surface area contributed by atoms with Gasteiger partial charge >= 0.3 is 0 Å². The molecule has 1 amide bonds. The van der Waals surface area contributed by atoms with Crippen molar-refractivity contribution < 1.29 is 13.2 Å². The highest BCUT2D eigenvalue weighted by atomic mass is 32.2. The maximum Gasteiger partial charge on any atom is 0.252 e. The molecular weight excluding hydrogens is 380 g/mol. The molecule has 0 aliphatic carbocycles. The first-order chi connectivity index (χ1) is 13.2.